The first kappa shape index (κ1) is 11.6. The summed E-state index contributed by atoms with van der Waals surface area (Å²) in [7, 11) is 0. The average molecular weight is 218 g/mol. The van der Waals surface area contributed by atoms with Crippen molar-refractivity contribution in [2.75, 3.05) is 32.7 Å². The number of benzene rings is 1. The number of hydrogen-bond acceptors (Lipinski definition) is 2. The molecule has 1 N–H and O–H groups in total. The van der Waals surface area contributed by atoms with Crippen LogP contribution in [-0.4, -0.2) is 37.6 Å². The van der Waals surface area contributed by atoms with Crippen LogP contribution in [0, 0.1) is 0 Å². The Labute approximate surface area is 98.7 Å². The fraction of sp³-hybridized carbons (Fsp3) is 0.571. The van der Waals surface area contributed by atoms with E-state index in [9.17, 15) is 0 Å². The molecule has 0 radical (unpaired) electrons. The van der Waals surface area contributed by atoms with E-state index in [0.717, 1.165) is 0 Å². The topological polar surface area (TPSA) is 15.3 Å². The third-order valence-corrected chi connectivity index (χ3v) is 3.24. The molecule has 1 fully saturated rings. The van der Waals surface area contributed by atoms with Crippen LogP contribution in [0.3, 0.4) is 0 Å². The highest BCUT2D eigenvalue weighted by atomic mass is 15.2. The lowest BCUT2D eigenvalue weighted by Crippen LogP contribution is -2.43. The molecule has 2 heteroatoms. The molecule has 1 aromatic carbocycles. The number of aryl methyl sites for hydroxylation is 1. The molecule has 0 unspecified atom stereocenters. The molecule has 1 saturated heterocycles. The summed E-state index contributed by atoms with van der Waals surface area (Å²) in [6.45, 7) is 6.06. The van der Waals surface area contributed by atoms with E-state index in [1.165, 1.54) is 57.5 Å². The molecule has 0 spiro atoms. The maximum Gasteiger partial charge on any atom is 0.0107 e. The SMILES string of the molecule is c1ccc(CCCCN2CCNCC2)cc1. The third-order valence-electron chi connectivity index (χ3n) is 3.24. The minimum atomic E-state index is 1.17. The smallest absolute Gasteiger partial charge is 0.0107 e. The van der Waals surface area contributed by atoms with E-state index in [1.54, 1.807) is 0 Å². The van der Waals surface area contributed by atoms with Gasteiger partial charge in [0.25, 0.3) is 0 Å². The van der Waals surface area contributed by atoms with Gasteiger partial charge in [-0.05, 0) is 31.4 Å². The maximum atomic E-state index is 3.39. The van der Waals surface area contributed by atoms with Crippen molar-refractivity contribution in [2.45, 2.75) is 19.3 Å². The fourth-order valence-corrected chi connectivity index (χ4v) is 2.24. The lowest BCUT2D eigenvalue weighted by molar-refractivity contribution is 0.237. The zero-order chi connectivity index (χ0) is 11.1. The molecule has 88 valence electrons. The van der Waals surface area contributed by atoms with Gasteiger partial charge in [-0.3, -0.25) is 0 Å². The van der Waals surface area contributed by atoms with Gasteiger partial charge in [0, 0.05) is 26.2 Å². The van der Waals surface area contributed by atoms with Crippen LogP contribution < -0.4 is 5.32 Å². The van der Waals surface area contributed by atoms with E-state index < -0.39 is 0 Å². The van der Waals surface area contributed by atoms with Crippen LogP contribution in [0.2, 0.25) is 0 Å². The molecule has 1 aromatic rings. The number of hydrogen-bond donors (Lipinski definition) is 1. The summed E-state index contributed by atoms with van der Waals surface area (Å²) < 4.78 is 0. The van der Waals surface area contributed by atoms with Gasteiger partial charge in [0.2, 0.25) is 0 Å². The van der Waals surface area contributed by atoms with Crippen LogP contribution in [0.15, 0.2) is 30.3 Å². The van der Waals surface area contributed by atoms with Crippen molar-refractivity contribution in [3.63, 3.8) is 0 Å². The van der Waals surface area contributed by atoms with Crippen LogP contribution >= 0.6 is 0 Å². The van der Waals surface area contributed by atoms with Crippen LogP contribution in [0.1, 0.15) is 18.4 Å². The second-order valence-corrected chi connectivity index (χ2v) is 4.53. The van der Waals surface area contributed by atoms with Crippen molar-refractivity contribution < 1.29 is 0 Å². The molecule has 0 atom stereocenters. The van der Waals surface area contributed by atoms with E-state index in [-0.39, 0.29) is 0 Å². The lowest BCUT2D eigenvalue weighted by Gasteiger charge is -2.27. The number of nitrogens with one attached hydrogen (secondary N) is 1. The van der Waals surface area contributed by atoms with Gasteiger partial charge in [-0.25, -0.2) is 0 Å². The van der Waals surface area contributed by atoms with Crippen molar-refractivity contribution in [1.82, 2.24) is 10.2 Å². The van der Waals surface area contributed by atoms with Crippen molar-refractivity contribution in [2.24, 2.45) is 0 Å². The summed E-state index contributed by atoms with van der Waals surface area (Å²) in [5.74, 6) is 0. The molecule has 1 aliphatic heterocycles. The summed E-state index contributed by atoms with van der Waals surface area (Å²) in [5, 5.41) is 3.39. The molecule has 0 aromatic heterocycles. The van der Waals surface area contributed by atoms with Crippen molar-refractivity contribution in [3.8, 4) is 0 Å². The quantitative estimate of drug-likeness (QED) is 0.760. The minimum absolute atomic E-state index is 1.17. The van der Waals surface area contributed by atoms with E-state index in [2.05, 4.69) is 40.5 Å². The molecule has 0 aliphatic carbocycles. The molecule has 1 aliphatic rings. The zero-order valence-electron chi connectivity index (χ0n) is 9.99. The summed E-state index contributed by atoms with van der Waals surface area (Å²) in [6.07, 6.45) is 3.87. The number of unbranched alkanes of at least 4 members (excludes halogenated alkanes) is 1. The Morgan fingerprint density at radius 3 is 2.50 bits per heavy atom. The molecule has 2 rings (SSSR count). The van der Waals surface area contributed by atoms with E-state index in [0.29, 0.717) is 0 Å². The molecular formula is C14H22N2. The molecular weight excluding hydrogens is 196 g/mol. The Morgan fingerprint density at radius 2 is 1.75 bits per heavy atom. The summed E-state index contributed by atoms with van der Waals surface area (Å²) in [5.41, 5.74) is 1.47. The summed E-state index contributed by atoms with van der Waals surface area (Å²) in [6, 6.07) is 10.8. The van der Waals surface area contributed by atoms with Gasteiger partial charge < -0.3 is 10.2 Å². The van der Waals surface area contributed by atoms with Crippen LogP contribution in [0.25, 0.3) is 0 Å². The molecule has 1 heterocycles. The largest absolute Gasteiger partial charge is 0.314 e. The number of rotatable bonds is 5. The molecule has 16 heavy (non-hydrogen) atoms. The Bertz CT molecular complexity index is 278. The standard InChI is InChI=1S/C14H22N2/c1-2-6-14(7-3-1)8-4-5-11-16-12-9-15-10-13-16/h1-3,6-7,15H,4-5,8-13H2. The van der Waals surface area contributed by atoms with Gasteiger partial charge in [-0.2, -0.15) is 0 Å². The second-order valence-electron chi connectivity index (χ2n) is 4.53. The predicted molar refractivity (Wildman–Crippen MR) is 68.7 cm³/mol. The van der Waals surface area contributed by atoms with Gasteiger partial charge in [0.15, 0.2) is 0 Å². The van der Waals surface area contributed by atoms with E-state index in [1.807, 2.05) is 0 Å². The van der Waals surface area contributed by atoms with Gasteiger partial charge >= 0.3 is 0 Å². The molecule has 0 saturated carbocycles. The monoisotopic (exact) mass is 218 g/mol. The lowest BCUT2D eigenvalue weighted by atomic mass is 10.1. The number of nitrogens with zero attached hydrogens (tertiary/aromatic N) is 1. The highest BCUT2D eigenvalue weighted by Crippen LogP contribution is 2.05. The summed E-state index contributed by atoms with van der Waals surface area (Å²) >= 11 is 0. The van der Waals surface area contributed by atoms with Crippen molar-refractivity contribution in [1.29, 1.82) is 0 Å². The van der Waals surface area contributed by atoms with E-state index in [4.69, 9.17) is 0 Å². The van der Waals surface area contributed by atoms with Gasteiger partial charge in [-0.1, -0.05) is 30.3 Å². The predicted octanol–water partition coefficient (Wildman–Crippen LogP) is 1.91. The Balaban J connectivity index is 1.58. The zero-order valence-corrected chi connectivity index (χ0v) is 9.99. The van der Waals surface area contributed by atoms with Gasteiger partial charge in [0.1, 0.15) is 0 Å². The Kier molecular flexibility index (Phi) is 4.84. The maximum absolute atomic E-state index is 3.39. The third kappa shape index (κ3) is 3.95. The molecule has 2 nitrogen and oxygen atoms in total. The molecule has 0 bridgehead atoms. The Morgan fingerprint density at radius 1 is 1.00 bits per heavy atom. The fourth-order valence-electron chi connectivity index (χ4n) is 2.24. The van der Waals surface area contributed by atoms with Crippen LogP contribution in [0.4, 0.5) is 0 Å². The first-order valence-electron chi connectivity index (χ1n) is 6.42. The average Bonchev–Trinajstić information content (AvgIpc) is 2.37. The number of piperazine rings is 1. The van der Waals surface area contributed by atoms with E-state index >= 15 is 0 Å². The highest BCUT2D eigenvalue weighted by Gasteiger charge is 2.07. The van der Waals surface area contributed by atoms with Crippen LogP contribution in [0.5, 0.6) is 0 Å². The van der Waals surface area contributed by atoms with Crippen LogP contribution in [-0.2, 0) is 6.42 Å². The molecule has 0 amide bonds. The van der Waals surface area contributed by atoms with Gasteiger partial charge in [0.05, 0.1) is 0 Å². The second kappa shape index (κ2) is 6.66. The summed E-state index contributed by atoms with van der Waals surface area (Å²) in [4.78, 5) is 2.57. The van der Waals surface area contributed by atoms with Crippen molar-refractivity contribution >= 4 is 0 Å². The highest BCUT2D eigenvalue weighted by molar-refractivity contribution is 5.14. The minimum Gasteiger partial charge on any atom is -0.314 e. The normalized spacial score (nSPS) is 17.5. The first-order chi connectivity index (χ1) is 7.95. The Hall–Kier alpha value is -0.860. The first-order valence-corrected chi connectivity index (χ1v) is 6.42. The van der Waals surface area contributed by atoms with Crippen molar-refractivity contribution in [3.05, 3.63) is 35.9 Å². The van der Waals surface area contributed by atoms with Gasteiger partial charge in [-0.15, -0.1) is 0 Å².